The van der Waals surface area contributed by atoms with Crippen LogP contribution in [0, 0.1) is 12.7 Å². The van der Waals surface area contributed by atoms with Gasteiger partial charge in [0.2, 0.25) is 5.76 Å². The molecule has 3 aromatic rings. The van der Waals surface area contributed by atoms with Gasteiger partial charge in [-0.25, -0.2) is 9.18 Å². The molecule has 1 amide bonds. The third-order valence-corrected chi connectivity index (χ3v) is 4.14. The quantitative estimate of drug-likeness (QED) is 0.627. The van der Waals surface area contributed by atoms with E-state index in [9.17, 15) is 14.0 Å². The molecule has 0 aliphatic carbocycles. The molecule has 0 atom stereocenters. The minimum absolute atomic E-state index is 0.0509. The normalized spacial score (nSPS) is 10.7. The van der Waals surface area contributed by atoms with Crippen molar-refractivity contribution in [3.63, 3.8) is 0 Å². The zero-order valence-corrected chi connectivity index (χ0v) is 15.6. The monoisotopic (exact) mass is 385 g/mol. The van der Waals surface area contributed by atoms with Crippen LogP contribution in [0.1, 0.15) is 28.6 Å². The Balaban J connectivity index is 1.58. The highest BCUT2D eigenvalue weighted by Crippen LogP contribution is 2.29. The van der Waals surface area contributed by atoms with Crippen molar-refractivity contribution in [1.29, 1.82) is 0 Å². The number of nitrogens with one attached hydrogen (secondary N) is 1. The van der Waals surface area contributed by atoms with Crippen molar-refractivity contribution in [2.75, 3.05) is 13.2 Å². The van der Waals surface area contributed by atoms with E-state index in [-0.39, 0.29) is 18.1 Å². The van der Waals surface area contributed by atoms with Gasteiger partial charge >= 0.3 is 5.97 Å². The van der Waals surface area contributed by atoms with Crippen LogP contribution in [-0.2, 0) is 16.1 Å². The highest BCUT2D eigenvalue weighted by molar-refractivity contribution is 5.97. The van der Waals surface area contributed by atoms with Crippen molar-refractivity contribution in [2.24, 2.45) is 0 Å². The van der Waals surface area contributed by atoms with Crippen molar-refractivity contribution in [3.8, 4) is 5.75 Å². The van der Waals surface area contributed by atoms with E-state index in [1.54, 1.807) is 37.3 Å². The predicted molar refractivity (Wildman–Crippen MR) is 101 cm³/mol. The molecule has 0 unspecified atom stereocenters. The largest absolute Gasteiger partial charge is 0.494 e. The predicted octanol–water partition coefficient (Wildman–Crippen LogP) is 3.75. The Labute approximate surface area is 161 Å². The van der Waals surface area contributed by atoms with E-state index < -0.39 is 18.5 Å². The summed E-state index contributed by atoms with van der Waals surface area (Å²) in [7, 11) is 0. The van der Waals surface area contributed by atoms with E-state index in [0.29, 0.717) is 23.5 Å². The number of halogens is 1. The zero-order chi connectivity index (χ0) is 20.1. The molecule has 3 rings (SSSR count). The third-order valence-electron chi connectivity index (χ3n) is 4.14. The average molecular weight is 385 g/mol. The second-order valence-electron chi connectivity index (χ2n) is 6.13. The van der Waals surface area contributed by atoms with Crippen molar-refractivity contribution in [2.45, 2.75) is 20.4 Å². The minimum atomic E-state index is -0.719. The van der Waals surface area contributed by atoms with Gasteiger partial charge in [0, 0.05) is 17.5 Å². The number of furan rings is 1. The number of ether oxygens (including phenoxy) is 2. The summed E-state index contributed by atoms with van der Waals surface area (Å²) in [4.78, 5) is 24.2. The lowest BCUT2D eigenvalue weighted by Crippen LogP contribution is -2.28. The Morgan fingerprint density at radius 1 is 1.14 bits per heavy atom. The smallest absolute Gasteiger partial charge is 0.375 e. The van der Waals surface area contributed by atoms with Gasteiger partial charge < -0.3 is 19.2 Å². The molecule has 0 saturated heterocycles. The molecule has 0 saturated carbocycles. The van der Waals surface area contributed by atoms with Crippen molar-refractivity contribution >= 4 is 22.8 Å². The Morgan fingerprint density at radius 2 is 1.89 bits per heavy atom. The van der Waals surface area contributed by atoms with Crippen LogP contribution >= 0.6 is 0 Å². The average Bonchev–Trinajstić information content (AvgIpc) is 3.02. The number of carbonyl (C=O) groups excluding carboxylic acids is 2. The van der Waals surface area contributed by atoms with Crippen LogP contribution in [0.2, 0.25) is 0 Å². The number of hydrogen-bond acceptors (Lipinski definition) is 5. The second-order valence-corrected chi connectivity index (χ2v) is 6.13. The molecule has 1 aromatic heterocycles. The first-order valence-electron chi connectivity index (χ1n) is 8.82. The van der Waals surface area contributed by atoms with Crippen LogP contribution < -0.4 is 10.1 Å². The fraction of sp³-hybridized carbons (Fsp3) is 0.238. The maximum absolute atomic E-state index is 12.9. The van der Waals surface area contributed by atoms with Crippen LogP contribution in [0.15, 0.2) is 46.9 Å². The Morgan fingerprint density at radius 3 is 2.61 bits per heavy atom. The van der Waals surface area contributed by atoms with Crippen molar-refractivity contribution in [3.05, 3.63) is 65.2 Å². The van der Waals surface area contributed by atoms with Gasteiger partial charge in [-0.1, -0.05) is 12.1 Å². The Hall–Kier alpha value is -3.35. The second kappa shape index (κ2) is 8.56. The molecule has 0 aliphatic heterocycles. The highest BCUT2D eigenvalue weighted by Gasteiger charge is 2.20. The molecule has 1 heterocycles. The van der Waals surface area contributed by atoms with Gasteiger partial charge in [-0.2, -0.15) is 0 Å². The summed E-state index contributed by atoms with van der Waals surface area (Å²) in [6.07, 6.45) is 0. The summed E-state index contributed by atoms with van der Waals surface area (Å²) in [5.74, 6) is -0.804. The van der Waals surface area contributed by atoms with Crippen molar-refractivity contribution < 1.29 is 27.9 Å². The first-order valence-corrected chi connectivity index (χ1v) is 8.82. The van der Waals surface area contributed by atoms with E-state index in [0.717, 1.165) is 10.9 Å². The summed E-state index contributed by atoms with van der Waals surface area (Å²) in [5.41, 5.74) is 1.89. The van der Waals surface area contributed by atoms with E-state index >= 15 is 0 Å². The van der Waals surface area contributed by atoms with Gasteiger partial charge in [0.25, 0.3) is 5.91 Å². The Kier molecular flexibility index (Phi) is 5.93. The molecule has 1 N–H and O–H groups in total. The standard InChI is InChI=1S/C21H20FNO5/c1-3-26-16-8-9-18-17(10-16)13(2)20(28-18)21(25)27-12-19(24)23-11-14-4-6-15(22)7-5-14/h4-10H,3,11-12H2,1-2H3,(H,23,24). The van der Waals surface area contributed by atoms with Gasteiger partial charge in [0.15, 0.2) is 6.61 Å². The first-order chi connectivity index (χ1) is 13.5. The molecule has 0 aliphatic rings. The number of esters is 1. The number of amides is 1. The van der Waals surface area contributed by atoms with Crippen LogP contribution in [-0.4, -0.2) is 25.1 Å². The van der Waals surface area contributed by atoms with Crippen LogP contribution in [0.5, 0.6) is 5.75 Å². The number of fused-ring (bicyclic) bond motifs is 1. The maximum Gasteiger partial charge on any atom is 0.375 e. The molecule has 0 bridgehead atoms. The van der Waals surface area contributed by atoms with Gasteiger partial charge in [0.1, 0.15) is 17.1 Å². The lowest BCUT2D eigenvalue weighted by molar-refractivity contribution is -0.124. The summed E-state index contributed by atoms with van der Waals surface area (Å²) in [5, 5.41) is 3.35. The topological polar surface area (TPSA) is 77.8 Å². The molecule has 0 fully saturated rings. The lowest BCUT2D eigenvalue weighted by Gasteiger charge is -2.06. The lowest BCUT2D eigenvalue weighted by atomic mass is 10.1. The summed E-state index contributed by atoms with van der Waals surface area (Å²) in [6.45, 7) is 3.93. The molecule has 2 aromatic carbocycles. The molecule has 6 nitrogen and oxygen atoms in total. The fourth-order valence-corrected chi connectivity index (χ4v) is 2.70. The number of carbonyl (C=O) groups is 2. The summed E-state index contributed by atoms with van der Waals surface area (Å²) < 4.78 is 28.9. The molecule has 28 heavy (non-hydrogen) atoms. The molecule has 7 heteroatoms. The van der Waals surface area contributed by atoms with Crippen LogP contribution in [0.3, 0.4) is 0 Å². The van der Waals surface area contributed by atoms with Crippen molar-refractivity contribution in [1.82, 2.24) is 5.32 Å². The Bertz CT molecular complexity index is 994. The van der Waals surface area contributed by atoms with E-state index in [4.69, 9.17) is 13.9 Å². The van der Waals surface area contributed by atoms with Crippen LogP contribution in [0.4, 0.5) is 4.39 Å². The number of rotatable bonds is 7. The molecule has 0 spiro atoms. The minimum Gasteiger partial charge on any atom is -0.494 e. The number of benzene rings is 2. The van der Waals surface area contributed by atoms with Gasteiger partial charge in [-0.05, 0) is 49.7 Å². The van der Waals surface area contributed by atoms with Crippen LogP contribution in [0.25, 0.3) is 11.0 Å². The van der Waals surface area contributed by atoms with E-state index in [1.165, 1.54) is 12.1 Å². The third kappa shape index (κ3) is 4.49. The molecular formula is C21H20FNO5. The first kappa shape index (κ1) is 19.4. The fourth-order valence-electron chi connectivity index (χ4n) is 2.70. The van der Waals surface area contributed by atoms with Gasteiger partial charge in [0.05, 0.1) is 6.61 Å². The zero-order valence-electron chi connectivity index (χ0n) is 15.6. The molecular weight excluding hydrogens is 365 g/mol. The molecule has 0 radical (unpaired) electrons. The number of aryl methyl sites for hydroxylation is 1. The molecule has 146 valence electrons. The van der Waals surface area contributed by atoms with E-state index in [1.807, 2.05) is 6.92 Å². The highest BCUT2D eigenvalue weighted by atomic mass is 19.1. The maximum atomic E-state index is 12.9. The number of hydrogen-bond donors (Lipinski definition) is 1. The SMILES string of the molecule is CCOc1ccc2oc(C(=O)OCC(=O)NCc3ccc(F)cc3)c(C)c2c1. The van der Waals surface area contributed by atoms with E-state index in [2.05, 4.69) is 5.32 Å². The summed E-state index contributed by atoms with van der Waals surface area (Å²) >= 11 is 0. The van der Waals surface area contributed by atoms with Gasteiger partial charge in [-0.3, -0.25) is 4.79 Å². The van der Waals surface area contributed by atoms with Gasteiger partial charge in [-0.15, -0.1) is 0 Å². The summed E-state index contributed by atoms with van der Waals surface area (Å²) in [6, 6.07) is 11.0.